The highest BCUT2D eigenvalue weighted by molar-refractivity contribution is 5.98. The highest BCUT2D eigenvalue weighted by atomic mass is 16.2. The lowest BCUT2D eigenvalue weighted by Gasteiger charge is -2.46. The van der Waals surface area contributed by atoms with E-state index in [9.17, 15) is 14.4 Å². The van der Waals surface area contributed by atoms with Gasteiger partial charge in [0.15, 0.2) is 0 Å². The van der Waals surface area contributed by atoms with Gasteiger partial charge in [0.1, 0.15) is 18.0 Å². The molecular weight excluding hydrogens is 440 g/mol. The van der Waals surface area contributed by atoms with Crippen LogP contribution in [0.5, 0.6) is 0 Å². The van der Waals surface area contributed by atoms with Crippen molar-refractivity contribution in [2.45, 2.75) is 57.8 Å². The number of benzene rings is 2. The Morgan fingerprint density at radius 2 is 1.83 bits per heavy atom. The molecule has 0 N–H and O–H groups in total. The average molecular weight is 469 g/mol. The Bertz CT molecular complexity index is 1510. The Labute approximate surface area is 203 Å². The second kappa shape index (κ2) is 6.90. The predicted molar refractivity (Wildman–Crippen MR) is 134 cm³/mol. The number of anilines is 1. The van der Waals surface area contributed by atoms with Gasteiger partial charge < -0.3 is 4.90 Å². The molecule has 1 unspecified atom stereocenters. The van der Waals surface area contributed by atoms with E-state index in [1.165, 1.54) is 0 Å². The summed E-state index contributed by atoms with van der Waals surface area (Å²) in [6.45, 7) is 11.7. The van der Waals surface area contributed by atoms with Crippen LogP contribution in [0.25, 0.3) is 10.9 Å². The van der Waals surface area contributed by atoms with Crippen LogP contribution in [0.1, 0.15) is 57.6 Å². The minimum Gasteiger partial charge on any atom is -0.309 e. The Hall–Kier alpha value is -3.74. The van der Waals surface area contributed by atoms with Crippen LogP contribution in [0.2, 0.25) is 0 Å². The number of allylic oxidation sites excluding steroid dienone is 1. The van der Waals surface area contributed by atoms with Crippen molar-refractivity contribution in [2.75, 3.05) is 4.90 Å². The van der Waals surface area contributed by atoms with Crippen molar-refractivity contribution >= 4 is 28.4 Å². The molecule has 0 aliphatic carbocycles. The Morgan fingerprint density at radius 1 is 1.14 bits per heavy atom. The third-order valence-corrected chi connectivity index (χ3v) is 8.58. The van der Waals surface area contributed by atoms with Gasteiger partial charge in [-0.25, -0.2) is 4.98 Å². The zero-order valence-electron chi connectivity index (χ0n) is 20.4. The van der Waals surface area contributed by atoms with Gasteiger partial charge in [0, 0.05) is 18.0 Å². The van der Waals surface area contributed by atoms with Crippen LogP contribution in [0.3, 0.4) is 0 Å². The van der Waals surface area contributed by atoms with Gasteiger partial charge >= 0.3 is 0 Å². The lowest BCUT2D eigenvalue weighted by Crippen LogP contribution is -2.59. The number of carbonyl (C=O) groups excluding carboxylic acids is 2. The molecule has 6 rings (SSSR count). The third-order valence-electron chi connectivity index (χ3n) is 8.58. The molecular formula is C28H28N4O3. The molecule has 1 aromatic heterocycles. The first kappa shape index (κ1) is 21.8. The molecule has 0 saturated carbocycles. The zero-order chi connectivity index (χ0) is 24.9. The predicted octanol–water partition coefficient (Wildman–Crippen LogP) is 4.09. The molecule has 3 aromatic rings. The maximum absolute atomic E-state index is 14.1. The molecule has 0 spiro atoms. The Kier molecular flexibility index (Phi) is 4.29. The fourth-order valence-corrected chi connectivity index (χ4v) is 6.76. The first-order chi connectivity index (χ1) is 16.7. The Morgan fingerprint density at radius 3 is 2.54 bits per heavy atom. The van der Waals surface area contributed by atoms with Gasteiger partial charge in [-0.3, -0.25) is 23.9 Å². The average Bonchev–Trinajstić information content (AvgIpc) is 3.34. The highest BCUT2D eigenvalue weighted by Crippen LogP contribution is 2.65. The van der Waals surface area contributed by atoms with E-state index in [0.717, 1.165) is 11.3 Å². The van der Waals surface area contributed by atoms with Gasteiger partial charge in [-0.2, -0.15) is 0 Å². The van der Waals surface area contributed by atoms with Crippen LogP contribution >= 0.6 is 0 Å². The van der Waals surface area contributed by atoms with Gasteiger partial charge in [0.2, 0.25) is 11.8 Å². The SMILES string of the molecule is C=CC(C)(C)[C@@]12C[C@H]3c4nc5ccccc5c(=O)n4[C@H](C)C(=O)N3C1N(C(C)=O)c1ccccc12. The molecule has 7 nitrogen and oxygen atoms in total. The second-order valence-electron chi connectivity index (χ2n) is 10.5. The van der Waals surface area contributed by atoms with Crippen molar-refractivity contribution in [3.8, 4) is 0 Å². The second-order valence-corrected chi connectivity index (χ2v) is 10.5. The lowest BCUT2D eigenvalue weighted by molar-refractivity contribution is -0.141. The molecule has 4 heterocycles. The number of fused-ring (bicyclic) bond motifs is 8. The van der Waals surface area contributed by atoms with Crippen LogP contribution in [-0.2, 0) is 15.0 Å². The Balaban J connectivity index is 1.69. The van der Waals surface area contributed by atoms with E-state index in [0.29, 0.717) is 23.1 Å². The standard InChI is InChI=1S/C28H28N4O3/c1-6-27(4,5)28-15-22-23-29-20-13-9-7-11-18(20)25(35)30(23)16(2)24(34)32(22)26(28)31(17(3)33)21-14-10-8-12-19(21)28/h6-14,16,22,26H,1,15H2,2-5H3/t16-,22+,26?,28-/m1/s1. The normalized spacial score (nSPS) is 26.9. The van der Waals surface area contributed by atoms with Crippen LogP contribution < -0.4 is 10.5 Å². The van der Waals surface area contributed by atoms with E-state index in [2.05, 4.69) is 26.5 Å². The molecule has 7 heteroatoms. The van der Waals surface area contributed by atoms with Gasteiger partial charge in [-0.1, -0.05) is 50.3 Å². The van der Waals surface area contributed by atoms with E-state index in [-0.39, 0.29) is 17.4 Å². The van der Waals surface area contributed by atoms with Gasteiger partial charge in [-0.15, -0.1) is 6.58 Å². The van der Waals surface area contributed by atoms with Gasteiger partial charge in [-0.05, 0) is 42.5 Å². The summed E-state index contributed by atoms with van der Waals surface area (Å²) < 4.78 is 1.56. The molecule has 178 valence electrons. The summed E-state index contributed by atoms with van der Waals surface area (Å²) in [5.74, 6) is 0.280. The molecule has 0 radical (unpaired) electrons. The summed E-state index contributed by atoms with van der Waals surface area (Å²) >= 11 is 0. The molecule has 35 heavy (non-hydrogen) atoms. The first-order valence-corrected chi connectivity index (χ1v) is 12.0. The fraction of sp³-hybridized carbons (Fsp3) is 0.357. The third kappa shape index (κ3) is 2.45. The number of hydrogen-bond acceptors (Lipinski definition) is 4. The van der Waals surface area contributed by atoms with Crippen LogP contribution in [-0.4, -0.2) is 32.4 Å². The van der Waals surface area contributed by atoms with E-state index in [1.807, 2.05) is 47.4 Å². The van der Waals surface area contributed by atoms with Gasteiger partial charge in [0.25, 0.3) is 5.56 Å². The highest BCUT2D eigenvalue weighted by Gasteiger charge is 2.69. The number of rotatable bonds is 2. The monoisotopic (exact) mass is 468 g/mol. The van der Waals surface area contributed by atoms with Crippen molar-refractivity contribution in [3.63, 3.8) is 0 Å². The summed E-state index contributed by atoms with van der Waals surface area (Å²) in [6.07, 6.45) is 1.91. The number of hydrogen-bond donors (Lipinski definition) is 0. The van der Waals surface area contributed by atoms with Crippen molar-refractivity contribution in [1.82, 2.24) is 14.5 Å². The molecule has 4 atom stereocenters. The molecule has 2 amide bonds. The number of amides is 2. The lowest BCUT2D eigenvalue weighted by atomic mass is 9.60. The number of para-hydroxylation sites is 2. The minimum atomic E-state index is -0.731. The van der Waals surface area contributed by atoms with E-state index in [1.54, 1.807) is 29.4 Å². The maximum Gasteiger partial charge on any atom is 0.262 e. The number of aromatic nitrogens is 2. The molecule has 1 fully saturated rings. The fourth-order valence-electron chi connectivity index (χ4n) is 6.76. The van der Waals surface area contributed by atoms with Crippen molar-refractivity contribution in [2.24, 2.45) is 5.41 Å². The largest absolute Gasteiger partial charge is 0.309 e. The molecule has 1 saturated heterocycles. The smallest absolute Gasteiger partial charge is 0.262 e. The number of nitrogens with zero attached hydrogens (tertiary/aromatic N) is 4. The zero-order valence-corrected chi connectivity index (χ0v) is 20.4. The minimum absolute atomic E-state index is 0.125. The molecule has 0 bridgehead atoms. The van der Waals surface area contributed by atoms with Crippen LogP contribution in [0.15, 0.2) is 66.0 Å². The molecule has 3 aliphatic rings. The summed E-state index contributed by atoms with van der Waals surface area (Å²) in [5, 5.41) is 0.499. The molecule has 3 aliphatic heterocycles. The summed E-state index contributed by atoms with van der Waals surface area (Å²) in [5.41, 5.74) is 1.17. The summed E-state index contributed by atoms with van der Waals surface area (Å²) in [7, 11) is 0. The maximum atomic E-state index is 14.1. The van der Waals surface area contributed by atoms with Crippen LogP contribution in [0.4, 0.5) is 5.69 Å². The number of carbonyl (C=O) groups is 2. The van der Waals surface area contributed by atoms with Gasteiger partial charge in [0.05, 0.1) is 16.9 Å². The van der Waals surface area contributed by atoms with E-state index >= 15 is 0 Å². The molecule has 2 aromatic carbocycles. The van der Waals surface area contributed by atoms with Crippen molar-refractivity contribution in [1.29, 1.82) is 0 Å². The van der Waals surface area contributed by atoms with Crippen LogP contribution in [0, 0.1) is 5.41 Å². The quantitative estimate of drug-likeness (QED) is 0.531. The summed E-state index contributed by atoms with van der Waals surface area (Å²) in [6, 6.07) is 14.0. The first-order valence-electron chi connectivity index (χ1n) is 12.0. The van der Waals surface area contributed by atoms with Crippen molar-refractivity contribution in [3.05, 3.63) is 82.9 Å². The summed E-state index contributed by atoms with van der Waals surface area (Å²) in [4.78, 5) is 49.3. The van der Waals surface area contributed by atoms with Crippen molar-refractivity contribution < 1.29 is 9.59 Å². The van der Waals surface area contributed by atoms with E-state index in [4.69, 9.17) is 4.98 Å². The van der Waals surface area contributed by atoms with E-state index < -0.39 is 29.1 Å². The topological polar surface area (TPSA) is 75.5 Å².